The Labute approximate surface area is 126 Å². The van der Waals surface area contributed by atoms with Gasteiger partial charge in [-0.3, -0.25) is 4.79 Å². The number of rotatable bonds is 3. The number of carbonyl (C=O) groups excluding carboxylic acids is 1. The van der Waals surface area contributed by atoms with E-state index in [1.165, 1.54) is 6.07 Å². The predicted octanol–water partition coefficient (Wildman–Crippen LogP) is 4.07. The molecule has 1 aromatic carbocycles. The lowest BCUT2D eigenvalue weighted by molar-refractivity contribution is -0.137. The SMILES string of the molecule is CC(Nc1ccc(C(F)(F)F)cc1Cl)C(=O)NC(C)(C)C. The Hall–Kier alpha value is -1.43. The molecule has 1 rings (SSSR count). The second-order valence-corrected chi connectivity index (χ2v) is 6.20. The quantitative estimate of drug-likeness (QED) is 0.880. The number of hydrogen-bond acceptors (Lipinski definition) is 2. The molecule has 0 heterocycles. The molecular formula is C14H18ClF3N2O. The highest BCUT2D eigenvalue weighted by atomic mass is 35.5. The molecule has 0 bridgehead atoms. The maximum Gasteiger partial charge on any atom is 0.416 e. The van der Waals surface area contributed by atoms with Gasteiger partial charge < -0.3 is 10.6 Å². The number of benzene rings is 1. The summed E-state index contributed by atoms with van der Waals surface area (Å²) < 4.78 is 37.6. The van der Waals surface area contributed by atoms with Gasteiger partial charge in [0.1, 0.15) is 6.04 Å². The summed E-state index contributed by atoms with van der Waals surface area (Å²) in [7, 11) is 0. The van der Waals surface area contributed by atoms with E-state index in [0.717, 1.165) is 12.1 Å². The van der Waals surface area contributed by atoms with E-state index in [9.17, 15) is 18.0 Å². The molecule has 2 N–H and O–H groups in total. The normalized spacial score (nSPS) is 13.7. The zero-order valence-corrected chi connectivity index (χ0v) is 13.0. The highest BCUT2D eigenvalue weighted by Crippen LogP contribution is 2.33. The first-order chi connectivity index (χ1) is 9.40. The minimum Gasteiger partial charge on any atom is -0.373 e. The monoisotopic (exact) mass is 322 g/mol. The van der Waals surface area contributed by atoms with Gasteiger partial charge in [-0.25, -0.2) is 0 Å². The number of nitrogens with one attached hydrogen (secondary N) is 2. The second kappa shape index (κ2) is 6.13. The molecule has 0 saturated heterocycles. The van der Waals surface area contributed by atoms with Gasteiger partial charge in [-0.2, -0.15) is 13.2 Å². The summed E-state index contributed by atoms with van der Waals surface area (Å²) in [4.78, 5) is 11.9. The molecule has 0 aromatic heterocycles. The van der Waals surface area contributed by atoms with Crippen molar-refractivity contribution in [3.8, 4) is 0 Å². The van der Waals surface area contributed by atoms with Crippen molar-refractivity contribution in [2.75, 3.05) is 5.32 Å². The van der Waals surface area contributed by atoms with Crippen LogP contribution in [0.2, 0.25) is 5.02 Å². The smallest absolute Gasteiger partial charge is 0.373 e. The Morgan fingerprint density at radius 2 is 1.81 bits per heavy atom. The third kappa shape index (κ3) is 5.46. The Morgan fingerprint density at radius 3 is 2.24 bits per heavy atom. The molecule has 7 heteroatoms. The molecule has 21 heavy (non-hydrogen) atoms. The largest absolute Gasteiger partial charge is 0.416 e. The van der Waals surface area contributed by atoms with Gasteiger partial charge in [-0.1, -0.05) is 11.6 Å². The van der Waals surface area contributed by atoms with E-state index in [1.54, 1.807) is 6.92 Å². The van der Waals surface area contributed by atoms with Crippen LogP contribution in [0.15, 0.2) is 18.2 Å². The Kier molecular flexibility index (Phi) is 5.15. The van der Waals surface area contributed by atoms with Crippen LogP contribution in [0.4, 0.5) is 18.9 Å². The lowest BCUT2D eigenvalue weighted by atomic mass is 10.1. The first-order valence-electron chi connectivity index (χ1n) is 6.35. The van der Waals surface area contributed by atoms with E-state index in [0.29, 0.717) is 0 Å². The second-order valence-electron chi connectivity index (χ2n) is 5.80. The van der Waals surface area contributed by atoms with Crippen LogP contribution in [0.3, 0.4) is 0 Å². The molecule has 1 atom stereocenters. The molecule has 0 aliphatic rings. The first kappa shape index (κ1) is 17.6. The van der Waals surface area contributed by atoms with E-state index in [2.05, 4.69) is 10.6 Å². The fourth-order valence-corrected chi connectivity index (χ4v) is 1.82. The molecule has 1 amide bonds. The molecule has 1 unspecified atom stereocenters. The van der Waals surface area contributed by atoms with Crippen molar-refractivity contribution < 1.29 is 18.0 Å². The van der Waals surface area contributed by atoms with E-state index in [4.69, 9.17) is 11.6 Å². The number of carbonyl (C=O) groups is 1. The fraction of sp³-hybridized carbons (Fsp3) is 0.500. The molecule has 0 aliphatic carbocycles. The molecule has 118 valence electrons. The first-order valence-corrected chi connectivity index (χ1v) is 6.73. The summed E-state index contributed by atoms with van der Waals surface area (Å²) in [5.74, 6) is -0.265. The van der Waals surface area contributed by atoms with Crippen LogP contribution in [0, 0.1) is 0 Å². The summed E-state index contributed by atoms with van der Waals surface area (Å²) in [6.45, 7) is 7.11. The van der Waals surface area contributed by atoms with E-state index in [1.807, 2.05) is 20.8 Å². The molecular weight excluding hydrogens is 305 g/mol. The molecule has 0 aliphatic heterocycles. The van der Waals surface area contributed by atoms with Gasteiger partial charge in [0.25, 0.3) is 0 Å². The molecule has 0 spiro atoms. The average molecular weight is 323 g/mol. The lowest BCUT2D eigenvalue weighted by Gasteiger charge is -2.24. The maximum atomic E-state index is 12.5. The van der Waals surface area contributed by atoms with Crippen molar-refractivity contribution in [2.24, 2.45) is 0 Å². The average Bonchev–Trinajstić information content (AvgIpc) is 2.27. The summed E-state index contributed by atoms with van der Waals surface area (Å²) in [5, 5.41) is 5.49. The van der Waals surface area contributed by atoms with Crippen LogP contribution < -0.4 is 10.6 Å². The summed E-state index contributed by atoms with van der Waals surface area (Å²) in [5.41, 5.74) is -0.942. The van der Waals surface area contributed by atoms with Crippen LogP contribution >= 0.6 is 11.6 Å². The van der Waals surface area contributed by atoms with Crippen LogP contribution in [-0.4, -0.2) is 17.5 Å². The van der Waals surface area contributed by atoms with Gasteiger partial charge in [0.15, 0.2) is 0 Å². The van der Waals surface area contributed by atoms with Crippen LogP contribution in [-0.2, 0) is 11.0 Å². The number of amides is 1. The zero-order valence-electron chi connectivity index (χ0n) is 12.2. The Morgan fingerprint density at radius 1 is 1.24 bits per heavy atom. The summed E-state index contributed by atoms with van der Waals surface area (Å²) in [6, 6.07) is 2.34. The minimum absolute atomic E-state index is 0.0831. The van der Waals surface area contributed by atoms with Crippen molar-refractivity contribution in [3.63, 3.8) is 0 Å². The predicted molar refractivity (Wildman–Crippen MR) is 77.4 cm³/mol. The number of alkyl halides is 3. The molecule has 1 aromatic rings. The molecule has 0 saturated carbocycles. The standard InChI is InChI=1S/C14H18ClF3N2O/c1-8(12(21)20-13(2,3)4)19-11-6-5-9(7-10(11)15)14(16,17)18/h5-8,19H,1-4H3,(H,20,21). The van der Waals surface area contributed by atoms with Crippen molar-refractivity contribution >= 4 is 23.2 Å². The van der Waals surface area contributed by atoms with Gasteiger partial charge >= 0.3 is 6.18 Å². The Balaban J connectivity index is 2.82. The van der Waals surface area contributed by atoms with Crippen molar-refractivity contribution in [2.45, 2.75) is 45.5 Å². The van der Waals surface area contributed by atoms with Gasteiger partial charge in [-0.15, -0.1) is 0 Å². The molecule has 0 radical (unpaired) electrons. The minimum atomic E-state index is -4.45. The Bertz CT molecular complexity index is 524. The fourth-order valence-electron chi connectivity index (χ4n) is 1.59. The summed E-state index contributed by atoms with van der Waals surface area (Å²) in [6.07, 6.45) is -4.45. The van der Waals surface area contributed by atoms with Crippen LogP contribution in [0.1, 0.15) is 33.3 Å². The maximum absolute atomic E-state index is 12.5. The topological polar surface area (TPSA) is 41.1 Å². The number of halogens is 4. The molecule has 3 nitrogen and oxygen atoms in total. The number of hydrogen-bond donors (Lipinski definition) is 2. The van der Waals surface area contributed by atoms with Crippen molar-refractivity contribution in [3.05, 3.63) is 28.8 Å². The van der Waals surface area contributed by atoms with E-state index in [-0.39, 0.29) is 16.6 Å². The van der Waals surface area contributed by atoms with Gasteiger partial charge in [-0.05, 0) is 45.9 Å². The van der Waals surface area contributed by atoms with E-state index < -0.39 is 23.3 Å². The lowest BCUT2D eigenvalue weighted by Crippen LogP contribution is -2.47. The van der Waals surface area contributed by atoms with Gasteiger partial charge in [0.2, 0.25) is 5.91 Å². The zero-order chi connectivity index (χ0) is 16.4. The summed E-state index contributed by atoms with van der Waals surface area (Å²) >= 11 is 5.82. The van der Waals surface area contributed by atoms with Gasteiger partial charge in [0, 0.05) is 5.54 Å². The highest BCUT2D eigenvalue weighted by Gasteiger charge is 2.31. The third-order valence-corrected chi connectivity index (χ3v) is 2.87. The third-order valence-electron chi connectivity index (χ3n) is 2.56. The van der Waals surface area contributed by atoms with Crippen LogP contribution in [0.5, 0.6) is 0 Å². The van der Waals surface area contributed by atoms with Gasteiger partial charge in [0.05, 0.1) is 16.3 Å². The van der Waals surface area contributed by atoms with Crippen molar-refractivity contribution in [1.82, 2.24) is 5.32 Å². The van der Waals surface area contributed by atoms with Crippen LogP contribution in [0.25, 0.3) is 0 Å². The van der Waals surface area contributed by atoms with E-state index >= 15 is 0 Å². The van der Waals surface area contributed by atoms with Crippen molar-refractivity contribution in [1.29, 1.82) is 0 Å². The molecule has 0 fully saturated rings. The highest BCUT2D eigenvalue weighted by molar-refractivity contribution is 6.33. The number of anilines is 1.